The van der Waals surface area contributed by atoms with Crippen LogP contribution in [0.25, 0.3) is 10.9 Å². The molecule has 0 radical (unpaired) electrons. The number of aryl methyl sites for hydroxylation is 1. The summed E-state index contributed by atoms with van der Waals surface area (Å²) in [5, 5.41) is 6.15. The Balaban J connectivity index is 1.45. The molecule has 0 saturated heterocycles. The fourth-order valence-corrected chi connectivity index (χ4v) is 3.29. The van der Waals surface area contributed by atoms with Crippen LogP contribution in [-0.4, -0.2) is 16.8 Å². The van der Waals surface area contributed by atoms with Crippen LogP contribution in [-0.2, 0) is 16.0 Å². The topological polar surface area (TPSA) is 71.1 Å². The molecular formula is C20H16FN3O2. The summed E-state index contributed by atoms with van der Waals surface area (Å²) in [5.74, 6) is -1.84. The zero-order valence-electron chi connectivity index (χ0n) is 13.8. The van der Waals surface area contributed by atoms with Crippen molar-refractivity contribution in [3.63, 3.8) is 0 Å². The molecule has 1 aliphatic carbocycles. The van der Waals surface area contributed by atoms with E-state index in [4.69, 9.17) is 0 Å². The van der Waals surface area contributed by atoms with Gasteiger partial charge in [0.15, 0.2) is 0 Å². The summed E-state index contributed by atoms with van der Waals surface area (Å²) < 4.78 is 13.4. The molecule has 1 atom stereocenters. The van der Waals surface area contributed by atoms with Crippen molar-refractivity contribution in [2.45, 2.75) is 18.9 Å². The molecule has 26 heavy (non-hydrogen) atoms. The summed E-state index contributed by atoms with van der Waals surface area (Å²) in [4.78, 5) is 28.6. The number of rotatable bonds is 2. The number of nitrogens with zero attached hydrogens (tertiary/aromatic N) is 1. The lowest BCUT2D eigenvalue weighted by Gasteiger charge is -2.14. The van der Waals surface area contributed by atoms with Crippen molar-refractivity contribution in [2.24, 2.45) is 0 Å². The van der Waals surface area contributed by atoms with Gasteiger partial charge >= 0.3 is 11.8 Å². The smallest absolute Gasteiger partial charge is 0.313 e. The number of benzene rings is 2. The van der Waals surface area contributed by atoms with Crippen LogP contribution in [0.15, 0.2) is 54.7 Å². The first-order valence-corrected chi connectivity index (χ1v) is 8.35. The van der Waals surface area contributed by atoms with Gasteiger partial charge in [-0.05, 0) is 60.4 Å². The summed E-state index contributed by atoms with van der Waals surface area (Å²) >= 11 is 0. The normalized spacial score (nSPS) is 15.5. The van der Waals surface area contributed by atoms with Crippen LogP contribution in [0.4, 0.5) is 10.1 Å². The van der Waals surface area contributed by atoms with Gasteiger partial charge in [0.05, 0.1) is 11.6 Å². The van der Waals surface area contributed by atoms with Gasteiger partial charge in [0.25, 0.3) is 0 Å². The highest BCUT2D eigenvalue weighted by Gasteiger charge is 2.26. The maximum absolute atomic E-state index is 13.4. The summed E-state index contributed by atoms with van der Waals surface area (Å²) in [6.07, 6.45) is 3.09. The van der Waals surface area contributed by atoms with Gasteiger partial charge in [0, 0.05) is 17.3 Å². The third-order valence-electron chi connectivity index (χ3n) is 4.56. The monoisotopic (exact) mass is 349 g/mol. The Hall–Kier alpha value is -3.28. The second-order valence-corrected chi connectivity index (χ2v) is 6.27. The number of nitrogens with one attached hydrogen (secondary N) is 2. The van der Waals surface area contributed by atoms with Crippen LogP contribution in [0.1, 0.15) is 23.6 Å². The molecule has 0 spiro atoms. The molecule has 0 saturated carbocycles. The van der Waals surface area contributed by atoms with Crippen molar-refractivity contribution in [3.05, 3.63) is 71.7 Å². The van der Waals surface area contributed by atoms with Gasteiger partial charge in [-0.3, -0.25) is 14.6 Å². The number of halogens is 1. The molecule has 3 aromatic rings. The van der Waals surface area contributed by atoms with E-state index >= 15 is 0 Å². The fourth-order valence-electron chi connectivity index (χ4n) is 3.29. The van der Waals surface area contributed by atoms with Gasteiger partial charge < -0.3 is 10.6 Å². The molecule has 0 fully saturated rings. The summed E-state index contributed by atoms with van der Waals surface area (Å²) in [5.41, 5.74) is 3.06. The molecule has 130 valence electrons. The Kier molecular flexibility index (Phi) is 4.08. The standard InChI is InChI=1S/C20H16FN3O2/c21-14-5-3-12-4-7-18(16(12)11-14)24-20(26)19(25)23-15-6-8-17-13(10-15)2-1-9-22-17/h1-3,5-6,8-11,18H,4,7H2,(H,23,25)(H,24,26)/t18-/m0/s1. The lowest BCUT2D eigenvalue weighted by Crippen LogP contribution is -2.37. The summed E-state index contributed by atoms with van der Waals surface area (Å²) in [6, 6.07) is 13.1. The van der Waals surface area contributed by atoms with Crippen molar-refractivity contribution < 1.29 is 14.0 Å². The molecule has 0 aliphatic heterocycles. The Morgan fingerprint density at radius 1 is 1.08 bits per heavy atom. The van der Waals surface area contributed by atoms with Gasteiger partial charge in [0.2, 0.25) is 0 Å². The molecule has 1 heterocycles. The molecule has 2 N–H and O–H groups in total. The number of hydrogen-bond donors (Lipinski definition) is 2. The van der Waals surface area contributed by atoms with E-state index in [1.807, 2.05) is 6.07 Å². The maximum atomic E-state index is 13.4. The molecule has 2 amide bonds. The highest BCUT2D eigenvalue weighted by molar-refractivity contribution is 6.39. The zero-order valence-corrected chi connectivity index (χ0v) is 13.8. The molecule has 2 aromatic carbocycles. The third-order valence-corrected chi connectivity index (χ3v) is 4.56. The minimum atomic E-state index is -0.752. The largest absolute Gasteiger partial charge is 0.341 e. The lowest BCUT2D eigenvalue weighted by atomic mass is 10.1. The van der Waals surface area contributed by atoms with Crippen molar-refractivity contribution in [2.75, 3.05) is 5.32 Å². The highest BCUT2D eigenvalue weighted by Crippen LogP contribution is 2.31. The number of aromatic nitrogens is 1. The molecule has 4 rings (SSSR count). The second-order valence-electron chi connectivity index (χ2n) is 6.27. The number of carbonyl (C=O) groups excluding carboxylic acids is 2. The zero-order chi connectivity index (χ0) is 18.1. The average molecular weight is 349 g/mol. The molecule has 6 heteroatoms. The van der Waals surface area contributed by atoms with E-state index in [9.17, 15) is 14.0 Å². The first-order valence-electron chi connectivity index (χ1n) is 8.35. The number of amides is 2. The Bertz CT molecular complexity index is 1020. The fraction of sp³-hybridized carbons (Fsp3) is 0.150. The van der Waals surface area contributed by atoms with E-state index in [0.29, 0.717) is 12.1 Å². The molecule has 1 aliphatic rings. The van der Waals surface area contributed by atoms with Crippen LogP contribution >= 0.6 is 0 Å². The van der Waals surface area contributed by atoms with Gasteiger partial charge in [0.1, 0.15) is 5.82 Å². The van der Waals surface area contributed by atoms with Crippen LogP contribution in [0.5, 0.6) is 0 Å². The molecule has 5 nitrogen and oxygen atoms in total. The molecule has 0 bridgehead atoms. The predicted octanol–water partition coefficient (Wildman–Crippen LogP) is 3.12. The Labute approximate surface area is 149 Å². The van der Waals surface area contributed by atoms with Crippen LogP contribution < -0.4 is 10.6 Å². The Morgan fingerprint density at radius 3 is 2.85 bits per heavy atom. The van der Waals surface area contributed by atoms with Gasteiger partial charge in [-0.1, -0.05) is 12.1 Å². The van der Waals surface area contributed by atoms with Gasteiger partial charge in [-0.2, -0.15) is 0 Å². The van der Waals surface area contributed by atoms with Crippen molar-refractivity contribution in [1.29, 1.82) is 0 Å². The third kappa shape index (κ3) is 3.13. The average Bonchev–Trinajstić information content (AvgIpc) is 3.03. The lowest BCUT2D eigenvalue weighted by molar-refractivity contribution is -0.136. The summed E-state index contributed by atoms with van der Waals surface area (Å²) in [7, 11) is 0. The number of anilines is 1. The quantitative estimate of drug-likeness (QED) is 0.699. The highest BCUT2D eigenvalue weighted by atomic mass is 19.1. The van der Waals surface area contributed by atoms with E-state index in [1.165, 1.54) is 12.1 Å². The first-order chi connectivity index (χ1) is 12.6. The Morgan fingerprint density at radius 2 is 1.96 bits per heavy atom. The van der Waals surface area contributed by atoms with Gasteiger partial charge in [-0.15, -0.1) is 0 Å². The predicted molar refractivity (Wildman–Crippen MR) is 96.0 cm³/mol. The molecule has 1 aromatic heterocycles. The van der Waals surface area contributed by atoms with E-state index in [1.54, 1.807) is 36.5 Å². The van der Waals surface area contributed by atoms with Crippen LogP contribution in [0.3, 0.4) is 0 Å². The maximum Gasteiger partial charge on any atom is 0.313 e. The first kappa shape index (κ1) is 16.2. The van der Waals surface area contributed by atoms with E-state index in [-0.39, 0.29) is 11.9 Å². The second kappa shape index (κ2) is 6.55. The number of fused-ring (bicyclic) bond motifs is 2. The van der Waals surface area contributed by atoms with Crippen molar-refractivity contribution in [1.82, 2.24) is 10.3 Å². The number of pyridine rings is 1. The van der Waals surface area contributed by atoms with Crippen molar-refractivity contribution in [3.8, 4) is 0 Å². The van der Waals surface area contributed by atoms with Gasteiger partial charge in [-0.25, -0.2) is 4.39 Å². The number of hydrogen-bond acceptors (Lipinski definition) is 3. The van der Waals surface area contributed by atoms with Crippen LogP contribution in [0.2, 0.25) is 0 Å². The van der Waals surface area contributed by atoms with E-state index in [0.717, 1.165) is 28.5 Å². The van der Waals surface area contributed by atoms with Crippen molar-refractivity contribution >= 4 is 28.4 Å². The van der Waals surface area contributed by atoms with E-state index in [2.05, 4.69) is 15.6 Å². The summed E-state index contributed by atoms with van der Waals surface area (Å²) in [6.45, 7) is 0. The molecular weight excluding hydrogens is 333 g/mol. The minimum Gasteiger partial charge on any atom is -0.341 e. The SMILES string of the molecule is O=C(Nc1ccc2ncccc2c1)C(=O)N[C@H]1CCc2ccc(F)cc21. The van der Waals surface area contributed by atoms with Crippen LogP contribution in [0, 0.1) is 5.82 Å². The number of carbonyl (C=O) groups is 2. The molecule has 0 unspecified atom stereocenters. The van der Waals surface area contributed by atoms with E-state index < -0.39 is 11.8 Å². The minimum absolute atomic E-state index is 0.347.